The van der Waals surface area contributed by atoms with Crippen LogP contribution >= 0.6 is 0 Å². The van der Waals surface area contributed by atoms with Crippen molar-refractivity contribution < 1.29 is 0 Å². The zero-order chi connectivity index (χ0) is 15.0. The van der Waals surface area contributed by atoms with Crippen molar-refractivity contribution in [2.24, 2.45) is 0 Å². The van der Waals surface area contributed by atoms with Gasteiger partial charge in [0.05, 0.1) is 0 Å². The second kappa shape index (κ2) is 6.78. The zero-order valence-electron chi connectivity index (χ0n) is 11.6. The molecule has 3 rings (SSSR count). The summed E-state index contributed by atoms with van der Waals surface area (Å²) in [6.45, 7) is 0. The van der Waals surface area contributed by atoms with E-state index in [-0.39, 0.29) is 11.6 Å². The summed E-state index contributed by atoms with van der Waals surface area (Å²) in [5, 5.41) is 15.6. The third-order valence-corrected chi connectivity index (χ3v) is 2.66. The van der Waals surface area contributed by atoms with E-state index in [1.54, 1.807) is 0 Å². The molecule has 3 aromatic rings. The molecule has 4 heteroatoms. The maximum absolute atomic E-state index is 3.91. The number of hydrogen-bond donors (Lipinski definition) is 0. The topological polar surface area (TPSA) is 51.6 Å². The lowest BCUT2D eigenvalue weighted by atomic mass is 10.2. The predicted molar refractivity (Wildman–Crippen MR) is 82.5 cm³/mol. The summed E-state index contributed by atoms with van der Waals surface area (Å²) in [6, 6.07) is 19.2. The van der Waals surface area contributed by atoms with E-state index in [0.717, 1.165) is 11.1 Å². The Morgan fingerprint density at radius 1 is 0.455 bits per heavy atom. The van der Waals surface area contributed by atoms with Crippen molar-refractivity contribution in [2.75, 3.05) is 0 Å². The third kappa shape index (κ3) is 3.75. The number of hydrogen-bond acceptors (Lipinski definition) is 4. The summed E-state index contributed by atoms with van der Waals surface area (Å²) in [5.74, 6) is 12.1. The Morgan fingerprint density at radius 2 is 0.818 bits per heavy atom. The molecule has 0 radical (unpaired) electrons. The predicted octanol–water partition coefficient (Wildman–Crippen LogP) is 2.07. The second-order valence-corrected chi connectivity index (χ2v) is 4.28. The van der Waals surface area contributed by atoms with Crippen LogP contribution < -0.4 is 0 Å². The monoisotopic (exact) mass is 282 g/mol. The first-order valence-corrected chi connectivity index (χ1v) is 6.62. The van der Waals surface area contributed by atoms with E-state index in [2.05, 4.69) is 44.1 Å². The normalized spacial score (nSPS) is 9.09. The molecular weight excluding hydrogens is 272 g/mol. The molecule has 0 amide bonds. The molecule has 102 valence electrons. The van der Waals surface area contributed by atoms with Crippen LogP contribution in [0.15, 0.2) is 60.7 Å². The minimum atomic E-state index is 0.272. The van der Waals surface area contributed by atoms with Gasteiger partial charge in [-0.15, -0.1) is 20.4 Å². The average molecular weight is 282 g/mol. The Labute approximate surface area is 128 Å². The molecule has 0 fully saturated rings. The van der Waals surface area contributed by atoms with Crippen molar-refractivity contribution in [2.45, 2.75) is 0 Å². The van der Waals surface area contributed by atoms with Gasteiger partial charge in [-0.2, -0.15) is 0 Å². The van der Waals surface area contributed by atoms with Crippen LogP contribution in [0.3, 0.4) is 0 Å². The Bertz CT molecular complexity index is 788. The average Bonchev–Trinajstić information content (AvgIpc) is 2.61. The molecule has 0 atom stereocenters. The molecule has 0 saturated carbocycles. The van der Waals surface area contributed by atoms with E-state index in [0.29, 0.717) is 0 Å². The van der Waals surface area contributed by atoms with Gasteiger partial charge in [0.25, 0.3) is 0 Å². The van der Waals surface area contributed by atoms with Crippen LogP contribution in [-0.2, 0) is 0 Å². The summed E-state index contributed by atoms with van der Waals surface area (Å²) in [5.41, 5.74) is 1.78. The van der Waals surface area contributed by atoms with Gasteiger partial charge < -0.3 is 0 Å². The first-order valence-electron chi connectivity index (χ1n) is 6.62. The fraction of sp³-hybridized carbons (Fsp3) is 0. The van der Waals surface area contributed by atoms with Gasteiger partial charge >= 0.3 is 0 Å². The van der Waals surface area contributed by atoms with Gasteiger partial charge in [-0.25, -0.2) is 0 Å². The van der Waals surface area contributed by atoms with Crippen molar-refractivity contribution in [3.05, 3.63) is 83.4 Å². The number of benzene rings is 2. The Morgan fingerprint density at radius 3 is 1.18 bits per heavy atom. The standard InChI is InChI=1S/C18H10N4/c1-3-7-15(8-4-1)11-13-17-19-21-18(22-20-17)14-12-16-9-5-2-6-10-16/h1-10H. The molecule has 0 bridgehead atoms. The summed E-state index contributed by atoms with van der Waals surface area (Å²) >= 11 is 0. The lowest BCUT2D eigenvalue weighted by Crippen LogP contribution is -2.00. The van der Waals surface area contributed by atoms with Crippen molar-refractivity contribution in [3.8, 4) is 23.7 Å². The van der Waals surface area contributed by atoms with Crippen LogP contribution in [0.4, 0.5) is 0 Å². The minimum Gasteiger partial charge on any atom is -0.116 e. The molecule has 0 unspecified atom stereocenters. The van der Waals surface area contributed by atoms with Gasteiger partial charge in [0.2, 0.25) is 11.6 Å². The van der Waals surface area contributed by atoms with E-state index in [1.807, 2.05) is 60.7 Å². The van der Waals surface area contributed by atoms with Crippen molar-refractivity contribution in [3.63, 3.8) is 0 Å². The molecule has 0 saturated heterocycles. The first-order chi connectivity index (χ1) is 10.9. The minimum absolute atomic E-state index is 0.272. The van der Waals surface area contributed by atoms with Crippen LogP contribution in [0.2, 0.25) is 0 Å². The molecule has 1 heterocycles. The van der Waals surface area contributed by atoms with Gasteiger partial charge in [0.1, 0.15) is 0 Å². The second-order valence-electron chi connectivity index (χ2n) is 4.28. The van der Waals surface area contributed by atoms with Crippen LogP contribution in [0, 0.1) is 23.7 Å². The van der Waals surface area contributed by atoms with Gasteiger partial charge in [0, 0.05) is 11.1 Å². The highest BCUT2D eigenvalue weighted by Gasteiger charge is 1.95. The van der Waals surface area contributed by atoms with E-state index >= 15 is 0 Å². The molecule has 0 N–H and O–H groups in total. The fourth-order valence-electron chi connectivity index (χ4n) is 1.63. The van der Waals surface area contributed by atoms with Crippen LogP contribution in [-0.4, -0.2) is 20.4 Å². The van der Waals surface area contributed by atoms with Gasteiger partial charge in [-0.1, -0.05) is 48.2 Å². The molecule has 1 aromatic heterocycles. The maximum Gasteiger partial charge on any atom is 0.246 e. The smallest absolute Gasteiger partial charge is 0.116 e. The van der Waals surface area contributed by atoms with E-state index in [1.165, 1.54) is 0 Å². The van der Waals surface area contributed by atoms with Crippen molar-refractivity contribution in [1.29, 1.82) is 0 Å². The molecule has 2 aromatic carbocycles. The number of rotatable bonds is 0. The van der Waals surface area contributed by atoms with Crippen LogP contribution in [0.25, 0.3) is 0 Å². The zero-order valence-corrected chi connectivity index (χ0v) is 11.6. The molecular formula is C18H10N4. The van der Waals surface area contributed by atoms with E-state index in [9.17, 15) is 0 Å². The Hall–Kier alpha value is -3.50. The molecule has 0 aliphatic carbocycles. The van der Waals surface area contributed by atoms with Gasteiger partial charge in [0.15, 0.2) is 0 Å². The largest absolute Gasteiger partial charge is 0.246 e. The highest BCUT2D eigenvalue weighted by Crippen LogP contribution is 1.96. The highest BCUT2D eigenvalue weighted by atomic mass is 15.3. The summed E-state index contributed by atoms with van der Waals surface area (Å²) in [6.07, 6.45) is 0. The third-order valence-electron chi connectivity index (χ3n) is 2.66. The number of nitrogens with zero attached hydrogens (tertiary/aromatic N) is 4. The Balaban J connectivity index is 1.74. The first kappa shape index (κ1) is 13.5. The summed E-state index contributed by atoms with van der Waals surface area (Å²) in [7, 11) is 0. The van der Waals surface area contributed by atoms with Crippen LogP contribution in [0.5, 0.6) is 0 Å². The number of aromatic nitrogens is 4. The van der Waals surface area contributed by atoms with E-state index < -0.39 is 0 Å². The molecule has 0 aliphatic heterocycles. The maximum atomic E-state index is 3.91. The SMILES string of the molecule is C(#Cc1nnc(C#Cc2ccccc2)nn1)c1ccccc1. The lowest BCUT2D eigenvalue weighted by molar-refractivity contribution is 0.819. The molecule has 0 spiro atoms. The lowest BCUT2D eigenvalue weighted by Gasteiger charge is -1.89. The van der Waals surface area contributed by atoms with Gasteiger partial charge in [-0.05, 0) is 36.1 Å². The van der Waals surface area contributed by atoms with Gasteiger partial charge in [-0.3, -0.25) is 0 Å². The van der Waals surface area contributed by atoms with Crippen molar-refractivity contribution in [1.82, 2.24) is 20.4 Å². The highest BCUT2D eigenvalue weighted by molar-refractivity contribution is 5.38. The molecule has 4 nitrogen and oxygen atoms in total. The quantitative estimate of drug-likeness (QED) is 0.592. The molecule has 22 heavy (non-hydrogen) atoms. The van der Waals surface area contributed by atoms with Crippen molar-refractivity contribution >= 4 is 0 Å². The Kier molecular flexibility index (Phi) is 4.16. The summed E-state index contributed by atoms with van der Waals surface area (Å²) in [4.78, 5) is 0. The fourth-order valence-corrected chi connectivity index (χ4v) is 1.63. The molecule has 0 aliphatic rings. The van der Waals surface area contributed by atoms with Crippen LogP contribution in [0.1, 0.15) is 22.8 Å². The summed E-state index contributed by atoms with van der Waals surface area (Å²) < 4.78 is 0. The van der Waals surface area contributed by atoms with E-state index in [4.69, 9.17) is 0 Å².